The molecule has 0 spiro atoms. The van der Waals surface area contributed by atoms with Gasteiger partial charge in [0.25, 0.3) is 10.0 Å². The van der Waals surface area contributed by atoms with Crippen LogP contribution in [0.3, 0.4) is 0 Å². The van der Waals surface area contributed by atoms with Gasteiger partial charge >= 0.3 is 0 Å². The molecule has 0 aliphatic heterocycles. The fourth-order valence-corrected chi connectivity index (χ4v) is 4.35. The molecular weight excluding hydrogens is 356 g/mol. The van der Waals surface area contributed by atoms with Gasteiger partial charge in [0.1, 0.15) is 11.6 Å². The molecule has 0 aliphatic rings. The molecule has 134 valence electrons. The summed E-state index contributed by atoms with van der Waals surface area (Å²) in [4.78, 5) is 0.0131. The van der Waals surface area contributed by atoms with Crippen LogP contribution in [0.25, 0.3) is 0 Å². The Balaban J connectivity index is 2.11. The molecule has 0 heterocycles. The molecule has 0 amide bonds. The SMILES string of the molecule is Cc1cc(F)ccc1S(=O)(=O)N(Cc1ccccc1)c1ccc(F)cc1. The van der Waals surface area contributed by atoms with E-state index < -0.39 is 21.7 Å². The van der Waals surface area contributed by atoms with Gasteiger partial charge in [0.2, 0.25) is 0 Å². The van der Waals surface area contributed by atoms with E-state index >= 15 is 0 Å². The summed E-state index contributed by atoms with van der Waals surface area (Å²) in [6.45, 7) is 1.62. The van der Waals surface area contributed by atoms with Crippen molar-refractivity contribution in [3.63, 3.8) is 0 Å². The Morgan fingerprint density at radius 2 is 1.46 bits per heavy atom. The fraction of sp³-hybridized carbons (Fsp3) is 0.100. The van der Waals surface area contributed by atoms with Crippen molar-refractivity contribution < 1.29 is 17.2 Å². The Hall–Kier alpha value is -2.73. The van der Waals surface area contributed by atoms with Gasteiger partial charge < -0.3 is 0 Å². The lowest BCUT2D eigenvalue weighted by atomic mass is 10.2. The second-order valence-corrected chi connectivity index (χ2v) is 7.71. The molecule has 0 N–H and O–H groups in total. The van der Waals surface area contributed by atoms with Crippen molar-refractivity contribution in [3.8, 4) is 0 Å². The molecule has 0 unspecified atom stereocenters. The zero-order valence-corrected chi connectivity index (χ0v) is 14.9. The Morgan fingerprint density at radius 3 is 2.08 bits per heavy atom. The zero-order valence-electron chi connectivity index (χ0n) is 14.1. The molecule has 3 nitrogen and oxygen atoms in total. The van der Waals surface area contributed by atoms with Crippen LogP contribution in [-0.2, 0) is 16.6 Å². The average Bonchev–Trinajstić information content (AvgIpc) is 2.61. The van der Waals surface area contributed by atoms with Gasteiger partial charge in [-0.1, -0.05) is 30.3 Å². The van der Waals surface area contributed by atoms with E-state index in [1.54, 1.807) is 6.92 Å². The Bertz CT molecular complexity index is 1000. The van der Waals surface area contributed by atoms with Crippen LogP contribution < -0.4 is 4.31 Å². The number of rotatable bonds is 5. The van der Waals surface area contributed by atoms with Crippen LogP contribution in [0.15, 0.2) is 77.7 Å². The maximum Gasteiger partial charge on any atom is 0.264 e. The molecule has 3 aromatic rings. The van der Waals surface area contributed by atoms with E-state index in [0.717, 1.165) is 11.6 Å². The summed E-state index contributed by atoms with van der Waals surface area (Å²) in [6.07, 6.45) is 0. The molecule has 0 aromatic heterocycles. The summed E-state index contributed by atoms with van der Waals surface area (Å²) in [5.74, 6) is -0.957. The standard InChI is InChI=1S/C20H17F2NO2S/c1-15-13-18(22)9-12-20(15)26(24,25)23(14-16-5-3-2-4-6-16)19-10-7-17(21)8-11-19/h2-13H,14H2,1H3. The van der Waals surface area contributed by atoms with Crippen LogP contribution in [0.2, 0.25) is 0 Å². The third-order valence-corrected chi connectivity index (χ3v) is 5.92. The molecule has 0 fully saturated rings. The highest BCUT2D eigenvalue weighted by Crippen LogP contribution is 2.28. The molecule has 0 saturated heterocycles. The number of hydrogen-bond donors (Lipinski definition) is 0. The molecule has 3 rings (SSSR count). The molecule has 6 heteroatoms. The summed E-state index contributed by atoms with van der Waals surface area (Å²) in [5.41, 5.74) is 1.42. The van der Waals surface area contributed by atoms with E-state index in [4.69, 9.17) is 0 Å². The van der Waals surface area contributed by atoms with Crippen LogP contribution in [0, 0.1) is 18.6 Å². The molecule has 26 heavy (non-hydrogen) atoms. The van der Waals surface area contributed by atoms with E-state index in [9.17, 15) is 17.2 Å². The van der Waals surface area contributed by atoms with Crippen LogP contribution >= 0.6 is 0 Å². The number of hydrogen-bond acceptors (Lipinski definition) is 2. The maximum absolute atomic E-state index is 13.4. The van der Waals surface area contributed by atoms with Crippen LogP contribution in [0.5, 0.6) is 0 Å². The van der Waals surface area contributed by atoms with Gasteiger partial charge in [-0.05, 0) is 60.5 Å². The monoisotopic (exact) mass is 373 g/mol. The van der Waals surface area contributed by atoms with Crippen molar-refractivity contribution in [2.75, 3.05) is 4.31 Å². The summed E-state index contributed by atoms with van der Waals surface area (Å²) < 4.78 is 54.4. The van der Waals surface area contributed by atoms with E-state index in [0.29, 0.717) is 11.3 Å². The van der Waals surface area contributed by atoms with Gasteiger partial charge in [-0.15, -0.1) is 0 Å². The normalized spacial score (nSPS) is 11.3. The second-order valence-electron chi connectivity index (χ2n) is 5.88. The minimum atomic E-state index is -3.97. The van der Waals surface area contributed by atoms with Gasteiger partial charge in [0.05, 0.1) is 17.1 Å². The molecule has 0 radical (unpaired) electrons. The molecule has 0 atom stereocenters. The third kappa shape index (κ3) is 3.75. The zero-order chi connectivity index (χ0) is 18.7. The summed E-state index contributed by atoms with van der Waals surface area (Å²) >= 11 is 0. The van der Waals surface area contributed by atoms with Crippen molar-refractivity contribution in [1.29, 1.82) is 0 Å². The molecular formula is C20H17F2NO2S. The van der Waals surface area contributed by atoms with Crippen molar-refractivity contribution in [2.45, 2.75) is 18.4 Å². The van der Waals surface area contributed by atoms with E-state index in [-0.39, 0.29) is 11.4 Å². The predicted octanol–water partition coefficient (Wildman–Crippen LogP) is 4.67. The second kappa shape index (κ2) is 7.25. The third-order valence-electron chi connectivity index (χ3n) is 3.99. The van der Waals surface area contributed by atoms with Crippen LogP contribution in [0.4, 0.5) is 14.5 Å². The number of nitrogens with zero attached hydrogens (tertiary/aromatic N) is 1. The summed E-state index contributed by atoms with van der Waals surface area (Å²) in [5, 5.41) is 0. The average molecular weight is 373 g/mol. The first-order chi connectivity index (χ1) is 12.4. The van der Waals surface area contributed by atoms with Crippen molar-refractivity contribution in [1.82, 2.24) is 0 Å². The van der Waals surface area contributed by atoms with Crippen molar-refractivity contribution in [3.05, 3.63) is 95.6 Å². The van der Waals surface area contributed by atoms with Gasteiger partial charge in [-0.2, -0.15) is 0 Å². The first kappa shape index (κ1) is 18.1. The van der Waals surface area contributed by atoms with Crippen molar-refractivity contribution >= 4 is 15.7 Å². The Morgan fingerprint density at radius 1 is 0.846 bits per heavy atom. The molecule has 0 saturated carbocycles. The number of anilines is 1. The Kier molecular flexibility index (Phi) is 5.04. The lowest BCUT2D eigenvalue weighted by Gasteiger charge is -2.25. The van der Waals surface area contributed by atoms with E-state index in [2.05, 4.69) is 0 Å². The molecule has 3 aromatic carbocycles. The van der Waals surface area contributed by atoms with Gasteiger partial charge in [0.15, 0.2) is 0 Å². The largest absolute Gasteiger partial charge is 0.264 e. The lowest BCUT2D eigenvalue weighted by molar-refractivity contribution is 0.588. The Labute approximate surface area is 151 Å². The minimum Gasteiger partial charge on any atom is -0.262 e. The lowest BCUT2D eigenvalue weighted by Crippen LogP contribution is -2.31. The predicted molar refractivity (Wildman–Crippen MR) is 97.3 cm³/mol. The smallest absolute Gasteiger partial charge is 0.262 e. The molecule has 0 bridgehead atoms. The summed E-state index contributed by atoms with van der Waals surface area (Å²) in [6, 6.07) is 17.9. The molecule has 0 aliphatic carbocycles. The van der Waals surface area contributed by atoms with Gasteiger partial charge in [-0.3, -0.25) is 4.31 Å². The highest BCUT2D eigenvalue weighted by molar-refractivity contribution is 7.92. The fourth-order valence-electron chi connectivity index (χ4n) is 2.69. The minimum absolute atomic E-state index is 0.0131. The quantitative estimate of drug-likeness (QED) is 0.652. The van der Waals surface area contributed by atoms with E-state index in [1.807, 2.05) is 30.3 Å². The number of halogens is 2. The first-order valence-electron chi connectivity index (χ1n) is 7.96. The number of benzene rings is 3. The van der Waals surface area contributed by atoms with Gasteiger partial charge in [0, 0.05) is 0 Å². The van der Waals surface area contributed by atoms with Gasteiger partial charge in [-0.25, -0.2) is 17.2 Å². The topological polar surface area (TPSA) is 37.4 Å². The van der Waals surface area contributed by atoms with Crippen LogP contribution in [0.1, 0.15) is 11.1 Å². The number of aryl methyl sites for hydroxylation is 1. The highest BCUT2D eigenvalue weighted by Gasteiger charge is 2.27. The van der Waals surface area contributed by atoms with Crippen LogP contribution in [-0.4, -0.2) is 8.42 Å². The maximum atomic E-state index is 13.4. The van der Waals surface area contributed by atoms with Crippen molar-refractivity contribution in [2.24, 2.45) is 0 Å². The highest BCUT2D eigenvalue weighted by atomic mass is 32.2. The van der Waals surface area contributed by atoms with E-state index in [1.165, 1.54) is 40.7 Å². The number of sulfonamides is 1. The first-order valence-corrected chi connectivity index (χ1v) is 9.40. The summed E-state index contributed by atoms with van der Waals surface area (Å²) in [7, 11) is -3.97.